The maximum atomic E-state index is 12.2. The summed E-state index contributed by atoms with van der Waals surface area (Å²) >= 11 is 3.52. The van der Waals surface area contributed by atoms with E-state index in [2.05, 4.69) is 57.2 Å². The van der Waals surface area contributed by atoms with Crippen molar-refractivity contribution >= 4 is 27.5 Å². The van der Waals surface area contributed by atoms with Crippen LogP contribution >= 0.6 is 15.9 Å². The van der Waals surface area contributed by atoms with Crippen LogP contribution in [0, 0.1) is 0 Å². The molecule has 2 aromatic carbocycles. The van der Waals surface area contributed by atoms with Crippen LogP contribution in [0.5, 0.6) is 0 Å². The molecule has 1 aliphatic heterocycles. The smallest absolute Gasteiger partial charge is 0.334 e. The Balaban J connectivity index is 1.89. The first-order valence-electron chi connectivity index (χ1n) is 8.00. The highest BCUT2D eigenvalue weighted by molar-refractivity contribution is 9.10. The van der Waals surface area contributed by atoms with Gasteiger partial charge in [-0.15, -0.1) is 0 Å². The SMILES string of the molecule is COC(=O)C1=C(c2cccc(Br)c2)CN(Cc2ccccc2)CC1. The van der Waals surface area contributed by atoms with Crippen molar-refractivity contribution in [3.63, 3.8) is 0 Å². The number of esters is 1. The molecule has 0 atom stereocenters. The number of rotatable bonds is 4. The van der Waals surface area contributed by atoms with Gasteiger partial charge in [-0.2, -0.15) is 0 Å². The van der Waals surface area contributed by atoms with E-state index in [4.69, 9.17) is 4.74 Å². The highest BCUT2D eigenvalue weighted by atomic mass is 79.9. The largest absolute Gasteiger partial charge is 0.466 e. The molecule has 0 aliphatic carbocycles. The number of hydrogen-bond donors (Lipinski definition) is 0. The second-order valence-corrected chi connectivity index (χ2v) is 6.82. The van der Waals surface area contributed by atoms with Crippen molar-refractivity contribution in [1.29, 1.82) is 0 Å². The van der Waals surface area contributed by atoms with Gasteiger partial charge in [0.25, 0.3) is 0 Å². The number of halogens is 1. The Hall–Kier alpha value is -1.91. The van der Waals surface area contributed by atoms with E-state index in [9.17, 15) is 4.79 Å². The van der Waals surface area contributed by atoms with Crippen molar-refractivity contribution in [3.8, 4) is 0 Å². The summed E-state index contributed by atoms with van der Waals surface area (Å²) in [6.45, 7) is 2.49. The normalized spacial score (nSPS) is 15.4. The predicted molar refractivity (Wildman–Crippen MR) is 99.4 cm³/mol. The molecule has 0 saturated carbocycles. The van der Waals surface area contributed by atoms with Crippen LogP contribution in [0.15, 0.2) is 64.6 Å². The van der Waals surface area contributed by atoms with E-state index in [1.165, 1.54) is 12.7 Å². The number of carbonyl (C=O) groups is 1. The van der Waals surface area contributed by atoms with Gasteiger partial charge in [0.2, 0.25) is 0 Å². The Morgan fingerprint density at radius 3 is 2.67 bits per heavy atom. The molecule has 24 heavy (non-hydrogen) atoms. The Morgan fingerprint density at radius 2 is 1.96 bits per heavy atom. The first-order chi connectivity index (χ1) is 11.7. The van der Waals surface area contributed by atoms with Crippen LogP contribution in [-0.2, 0) is 16.1 Å². The van der Waals surface area contributed by atoms with Crippen molar-refractivity contribution in [3.05, 3.63) is 75.8 Å². The summed E-state index contributed by atoms with van der Waals surface area (Å²) in [5.41, 5.74) is 4.21. The van der Waals surface area contributed by atoms with Gasteiger partial charge in [0, 0.05) is 29.7 Å². The summed E-state index contributed by atoms with van der Waals surface area (Å²) in [6.07, 6.45) is 0.710. The molecule has 0 radical (unpaired) electrons. The van der Waals surface area contributed by atoms with E-state index in [1.54, 1.807) is 0 Å². The van der Waals surface area contributed by atoms with E-state index < -0.39 is 0 Å². The van der Waals surface area contributed by atoms with Crippen LogP contribution in [-0.4, -0.2) is 31.1 Å². The van der Waals surface area contributed by atoms with Crippen LogP contribution in [0.2, 0.25) is 0 Å². The highest BCUT2D eigenvalue weighted by Crippen LogP contribution is 2.29. The maximum Gasteiger partial charge on any atom is 0.334 e. The summed E-state index contributed by atoms with van der Waals surface area (Å²) in [5, 5.41) is 0. The standard InChI is InChI=1S/C20H20BrNO2/c1-24-20(23)18-10-11-22(13-15-6-3-2-4-7-15)14-19(18)16-8-5-9-17(21)12-16/h2-9,12H,10-11,13-14H2,1H3. The first kappa shape index (κ1) is 16.9. The zero-order valence-corrected chi connectivity index (χ0v) is 15.3. The fourth-order valence-corrected chi connectivity index (χ4v) is 3.48. The van der Waals surface area contributed by atoms with Gasteiger partial charge < -0.3 is 4.74 Å². The average Bonchev–Trinajstić information content (AvgIpc) is 2.62. The quantitative estimate of drug-likeness (QED) is 0.735. The summed E-state index contributed by atoms with van der Waals surface area (Å²) in [7, 11) is 1.45. The number of nitrogens with zero attached hydrogens (tertiary/aromatic N) is 1. The first-order valence-corrected chi connectivity index (χ1v) is 8.79. The van der Waals surface area contributed by atoms with Gasteiger partial charge in [0.1, 0.15) is 0 Å². The Kier molecular flexibility index (Phi) is 5.48. The summed E-state index contributed by atoms with van der Waals surface area (Å²) in [5.74, 6) is -0.218. The lowest BCUT2D eigenvalue weighted by molar-refractivity contribution is -0.136. The van der Waals surface area contributed by atoms with Gasteiger partial charge in [-0.1, -0.05) is 58.4 Å². The van der Waals surface area contributed by atoms with Crippen LogP contribution < -0.4 is 0 Å². The molecule has 0 spiro atoms. The molecule has 0 fully saturated rings. The van der Waals surface area contributed by atoms with Gasteiger partial charge >= 0.3 is 5.97 Å². The Bertz CT molecular complexity index is 755. The lowest BCUT2D eigenvalue weighted by Gasteiger charge is -2.30. The second-order valence-electron chi connectivity index (χ2n) is 5.91. The van der Waals surface area contributed by atoms with E-state index in [1.807, 2.05) is 18.2 Å². The lowest BCUT2D eigenvalue weighted by Crippen LogP contribution is -2.32. The lowest BCUT2D eigenvalue weighted by atomic mass is 9.93. The van der Waals surface area contributed by atoms with Crippen LogP contribution in [0.4, 0.5) is 0 Å². The third-order valence-corrected chi connectivity index (χ3v) is 4.77. The molecule has 0 bridgehead atoms. The summed E-state index contributed by atoms with van der Waals surface area (Å²) < 4.78 is 6.01. The van der Waals surface area contributed by atoms with Crippen LogP contribution in [0.25, 0.3) is 5.57 Å². The molecular weight excluding hydrogens is 366 g/mol. The zero-order valence-electron chi connectivity index (χ0n) is 13.7. The minimum Gasteiger partial charge on any atom is -0.466 e. The highest BCUT2D eigenvalue weighted by Gasteiger charge is 2.25. The van der Waals surface area contributed by atoms with Crippen molar-refractivity contribution < 1.29 is 9.53 Å². The second kappa shape index (κ2) is 7.77. The minimum atomic E-state index is -0.218. The number of methoxy groups -OCH3 is 1. The monoisotopic (exact) mass is 385 g/mol. The van der Waals surface area contributed by atoms with Gasteiger partial charge in [-0.25, -0.2) is 4.79 Å². The van der Waals surface area contributed by atoms with Crippen molar-refractivity contribution in [1.82, 2.24) is 4.90 Å². The molecule has 3 nitrogen and oxygen atoms in total. The van der Waals surface area contributed by atoms with Crippen LogP contribution in [0.3, 0.4) is 0 Å². The molecule has 2 aromatic rings. The third-order valence-electron chi connectivity index (χ3n) is 4.28. The predicted octanol–water partition coefficient (Wildman–Crippen LogP) is 4.28. The molecule has 0 aromatic heterocycles. The average molecular weight is 386 g/mol. The van der Waals surface area contributed by atoms with Crippen molar-refractivity contribution in [2.45, 2.75) is 13.0 Å². The molecule has 1 aliphatic rings. The number of hydrogen-bond acceptors (Lipinski definition) is 3. The number of carbonyl (C=O) groups excluding carboxylic acids is 1. The van der Waals surface area contributed by atoms with Crippen molar-refractivity contribution in [2.24, 2.45) is 0 Å². The van der Waals surface area contributed by atoms with Crippen molar-refractivity contribution in [2.75, 3.05) is 20.2 Å². The molecule has 4 heteroatoms. The molecule has 3 rings (SSSR count). The molecule has 0 unspecified atom stereocenters. The molecular formula is C20H20BrNO2. The third kappa shape index (κ3) is 3.94. The van der Waals surface area contributed by atoms with Gasteiger partial charge in [-0.3, -0.25) is 4.90 Å². The Labute approximate surface area is 151 Å². The van der Waals surface area contributed by atoms with E-state index >= 15 is 0 Å². The summed E-state index contributed by atoms with van der Waals surface area (Å²) in [4.78, 5) is 14.6. The zero-order chi connectivity index (χ0) is 16.9. The molecule has 0 saturated heterocycles. The van der Waals surface area contributed by atoms with E-state index in [0.29, 0.717) is 6.42 Å². The molecule has 0 N–H and O–H groups in total. The van der Waals surface area contributed by atoms with Gasteiger partial charge in [-0.05, 0) is 35.3 Å². The molecule has 124 valence electrons. The van der Waals surface area contributed by atoms with Gasteiger partial charge in [0.15, 0.2) is 0 Å². The molecule has 0 amide bonds. The van der Waals surface area contributed by atoms with Crippen LogP contribution in [0.1, 0.15) is 17.5 Å². The maximum absolute atomic E-state index is 12.2. The Morgan fingerprint density at radius 1 is 1.17 bits per heavy atom. The number of ether oxygens (including phenoxy) is 1. The topological polar surface area (TPSA) is 29.5 Å². The minimum absolute atomic E-state index is 0.218. The number of benzene rings is 2. The fraction of sp³-hybridized carbons (Fsp3) is 0.250. The van der Waals surface area contributed by atoms with E-state index in [-0.39, 0.29) is 5.97 Å². The molecule has 1 heterocycles. The van der Waals surface area contributed by atoms with E-state index in [0.717, 1.165) is 40.8 Å². The summed E-state index contributed by atoms with van der Waals surface area (Å²) in [6, 6.07) is 18.5. The van der Waals surface area contributed by atoms with Gasteiger partial charge in [0.05, 0.1) is 7.11 Å². The fourth-order valence-electron chi connectivity index (χ4n) is 3.09.